The van der Waals surface area contributed by atoms with Crippen LogP contribution < -0.4 is 15.4 Å². The number of halogens is 2. The number of nitrogens with one attached hydrogen (secondary N) is 2. The molecule has 0 aliphatic rings. The van der Waals surface area contributed by atoms with Gasteiger partial charge in [0.15, 0.2) is 11.7 Å². The summed E-state index contributed by atoms with van der Waals surface area (Å²) in [4.78, 5) is 18.5. The van der Waals surface area contributed by atoms with Crippen LogP contribution in [0.15, 0.2) is 42.5 Å². The van der Waals surface area contributed by atoms with Gasteiger partial charge in [0.05, 0.1) is 10.5 Å². The van der Waals surface area contributed by atoms with E-state index < -0.39 is 5.91 Å². The van der Waals surface area contributed by atoms with E-state index in [1.165, 1.54) is 7.05 Å². The van der Waals surface area contributed by atoms with Crippen molar-refractivity contribution in [3.63, 3.8) is 0 Å². The Balaban J connectivity index is 0.00000280. The van der Waals surface area contributed by atoms with Crippen LogP contribution in [0.25, 0.3) is 10.9 Å². The van der Waals surface area contributed by atoms with Crippen molar-refractivity contribution in [1.29, 1.82) is 5.41 Å². The number of nitrogens with two attached hydrogens (primary N) is 1. The van der Waals surface area contributed by atoms with Gasteiger partial charge < -0.3 is 20.4 Å². The Labute approximate surface area is 173 Å². The standard InChI is InChI=1S/C19H20ClN5O2.ClH/c1-24(2)11-4-6-12(7-5-11)27-16-9-8-14(20)13-10-15(23-17(13)16)18(26)25(3)19(21)22;/h4-10,23H,1-3H3,(H3,21,22);1H. The molecule has 0 unspecified atom stereocenters. The smallest absolute Gasteiger partial charge is 0.276 e. The number of rotatable bonds is 4. The van der Waals surface area contributed by atoms with E-state index in [4.69, 9.17) is 27.5 Å². The second kappa shape index (κ2) is 8.41. The van der Waals surface area contributed by atoms with Crippen LogP contribution in [0.3, 0.4) is 0 Å². The van der Waals surface area contributed by atoms with E-state index >= 15 is 0 Å². The van der Waals surface area contributed by atoms with Crippen molar-refractivity contribution in [3.05, 3.63) is 53.2 Å². The lowest BCUT2D eigenvalue weighted by atomic mass is 10.2. The minimum absolute atomic E-state index is 0. The molecule has 0 spiro atoms. The molecule has 2 aromatic carbocycles. The normalized spacial score (nSPS) is 10.3. The third kappa shape index (κ3) is 4.16. The molecule has 0 aliphatic heterocycles. The van der Waals surface area contributed by atoms with Crippen LogP contribution in [0.4, 0.5) is 5.69 Å². The number of amides is 1. The Kier molecular flexibility index (Phi) is 6.43. The molecule has 0 atom stereocenters. The number of carbonyl (C=O) groups excluding carboxylic acids is 1. The number of benzene rings is 2. The van der Waals surface area contributed by atoms with E-state index in [2.05, 4.69) is 4.98 Å². The van der Waals surface area contributed by atoms with Gasteiger partial charge in [-0.25, -0.2) is 0 Å². The van der Waals surface area contributed by atoms with Gasteiger partial charge in [-0.1, -0.05) is 11.6 Å². The number of aromatic nitrogens is 1. The fourth-order valence-electron chi connectivity index (χ4n) is 2.59. The first-order valence-electron chi connectivity index (χ1n) is 8.16. The zero-order chi connectivity index (χ0) is 19.7. The highest BCUT2D eigenvalue weighted by Gasteiger charge is 2.19. The summed E-state index contributed by atoms with van der Waals surface area (Å²) >= 11 is 6.27. The monoisotopic (exact) mass is 421 g/mol. The molecule has 7 nitrogen and oxygen atoms in total. The average Bonchev–Trinajstić information content (AvgIpc) is 3.09. The van der Waals surface area contributed by atoms with Crippen LogP contribution in [-0.4, -0.2) is 42.9 Å². The molecular weight excluding hydrogens is 401 g/mol. The molecule has 0 bridgehead atoms. The Morgan fingerprint density at radius 1 is 1.14 bits per heavy atom. The Morgan fingerprint density at radius 2 is 1.79 bits per heavy atom. The summed E-state index contributed by atoms with van der Waals surface area (Å²) < 4.78 is 5.98. The number of aromatic amines is 1. The van der Waals surface area contributed by atoms with Gasteiger partial charge in [0.2, 0.25) is 0 Å². The number of ether oxygens (including phenoxy) is 1. The van der Waals surface area contributed by atoms with Gasteiger partial charge in [0.1, 0.15) is 11.4 Å². The Bertz CT molecular complexity index is 1020. The predicted octanol–water partition coefficient (Wildman–Crippen LogP) is 4.07. The van der Waals surface area contributed by atoms with Crippen molar-refractivity contribution in [2.45, 2.75) is 0 Å². The molecule has 1 amide bonds. The minimum atomic E-state index is -0.434. The Morgan fingerprint density at radius 3 is 2.36 bits per heavy atom. The van der Waals surface area contributed by atoms with Gasteiger partial charge in [0, 0.05) is 32.2 Å². The number of nitrogens with zero attached hydrogens (tertiary/aromatic N) is 2. The molecule has 28 heavy (non-hydrogen) atoms. The highest BCUT2D eigenvalue weighted by atomic mass is 35.5. The number of fused-ring (bicyclic) bond motifs is 1. The summed E-state index contributed by atoms with van der Waals surface area (Å²) in [5.74, 6) is 0.419. The third-order valence-electron chi connectivity index (χ3n) is 4.18. The van der Waals surface area contributed by atoms with E-state index in [0.29, 0.717) is 27.4 Å². The molecule has 9 heteroatoms. The molecule has 0 saturated carbocycles. The lowest BCUT2D eigenvalue weighted by Crippen LogP contribution is -2.38. The number of hydrogen-bond acceptors (Lipinski definition) is 4. The third-order valence-corrected chi connectivity index (χ3v) is 4.51. The zero-order valence-electron chi connectivity index (χ0n) is 15.6. The maximum Gasteiger partial charge on any atom is 0.276 e. The lowest BCUT2D eigenvalue weighted by molar-refractivity contribution is 0.0864. The van der Waals surface area contributed by atoms with Crippen LogP contribution in [-0.2, 0) is 0 Å². The van der Waals surface area contributed by atoms with Gasteiger partial charge in [-0.3, -0.25) is 15.1 Å². The average molecular weight is 422 g/mol. The number of hydrogen-bond donors (Lipinski definition) is 3. The van der Waals surface area contributed by atoms with Gasteiger partial charge in [-0.2, -0.15) is 0 Å². The molecule has 3 aromatic rings. The number of H-pyrrole nitrogens is 1. The summed E-state index contributed by atoms with van der Waals surface area (Å²) in [5.41, 5.74) is 7.31. The lowest BCUT2D eigenvalue weighted by Gasteiger charge is -2.13. The number of anilines is 1. The molecule has 0 aliphatic carbocycles. The van der Waals surface area contributed by atoms with E-state index in [9.17, 15) is 4.79 Å². The fourth-order valence-corrected chi connectivity index (χ4v) is 2.80. The first-order valence-corrected chi connectivity index (χ1v) is 8.54. The van der Waals surface area contributed by atoms with Crippen LogP contribution in [0.1, 0.15) is 10.5 Å². The van der Waals surface area contributed by atoms with E-state index in [0.717, 1.165) is 10.6 Å². The van der Waals surface area contributed by atoms with Gasteiger partial charge in [-0.15, -0.1) is 12.4 Å². The SMILES string of the molecule is CN(C(=N)N)C(=O)c1cc2c(Cl)ccc(Oc3ccc(N(C)C)cc3)c2[nH]1.Cl. The molecule has 1 aromatic heterocycles. The van der Waals surface area contributed by atoms with Crippen LogP contribution in [0.5, 0.6) is 11.5 Å². The quantitative estimate of drug-likeness (QED) is 0.436. The van der Waals surface area contributed by atoms with Crippen molar-refractivity contribution < 1.29 is 9.53 Å². The van der Waals surface area contributed by atoms with E-state index in [1.807, 2.05) is 43.3 Å². The van der Waals surface area contributed by atoms with Gasteiger partial charge >= 0.3 is 0 Å². The largest absolute Gasteiger partial charge is 0.455 e. The number of carbonyl (C=O) groups is 1. The summed E-state index contributed by atoms with van der Waals surface area (Å²) in [5, 5.41) is 8.55. The number of guanidine groups is 1. The second-order valence-electron chi connectivity index (χ2n) is 6.26. The Hall–Kier alpha value is -2.90. The van der Waals surface area contributed by atoms with Crippen LogP contribution >= 0.6 is 24.0 Å². The van der Waals surface area contributed by atoms with E-state index in [1.54, 1.807) is 18.2 Å². The summed E-state index contributed by atoms with van der Waals surface area (Å²) in [6.45, 7) is 0. The van der Waals surface area contributed by atoms with Crippen molar-refractivity contribution in [2.75, 3.05) is 26.0 Å². The van der Waals surface area contributed by atoms with Gasteiger partial charge in [0.25, 0.3) is 5.91 Å². The zero-order valence-corrected chi connectivity index (χ0v) is 17.2. The highest BCUT2D eigenvalue weighted by molar-refractivity contribution is 6.35. The molecule has 0 radical (unpaired) electrons. The predicted molar refractivity (Wildman–Crippen MR) is 115 cm³/mol. The van der Waals surface area contributed by atoms with Crippen LogP contribution in [0.2, 0.25) is 5.02 Å². The molecule has 0 fully saturated rings. The second-order valence-corrected chi connectivity index (χ2v) is 6.66. The fraction of sp³-hybridized carbons (Fsp3) is 0.158. The molecule has 3 rings (SSSR count). The van der Waals surface area contributed by atoms with Gasteiger partial charge in [-0.05, 0) is 42.5 Å². The first kappa shape index (κ1) is 21.4. The van der Waals surface area contributed by atoms with Crippen molar-refractivity contribution >= 4 is 52.5 Å². The molecule has 0 saturated heterocycles. The topological polar surface area (TPSA) is 98.4 Å². The summed E-state index contributed by atoms with van der Waals surface area (Å²) in [7, 11) is 5.36. The van der Waals surface area contributed by atoms with Crippen molar-refractivity contribution in [2.24, 2.45) is 5.73 Å². The summed E-state index contributed by atoms with van der Waals surface area (Å²) in [6, 6.07) is 12.7. The molecule has 4 N–H and O–H groups in total. The van der Waals surface area contributed by atoms with E-state index in [-0.39, 0.29) is 24.1 Å². The maximum absolute atomic E-state index is 12.4. The molecular formula is C19H21Cl2N5O2. The van der Waals surface area contributed by atoms with Crippen molar-refractivity contribution in [3.8, 4) is 11.5 Å². The minimum Gasteiger partial charge on any atom is -0.455 e. The van der Waals surface area contributed by atoms with Crippen LogP contribution in [0, 0.1) is 5.41 Å². The maximum atomic E-state index is 12.4. The first-order chi connectivity index (χ1) is 12.8. The summed E-state index contributed by atoms with van der Waals surface area (Å²) in [6.07, 6.45) is 0. The highest BCUT2D eigenvalue weighted by Crippen LogP contribution is 2.35. The molecule has 148 valence electrons. The van der Waals surface area contributed by atoms with Crippen molar-refractivity contribution in [1.82, 2.24) is 9.88 Å². The molecule has 1 heterocycles.